The highest BCUT2D eigenvalue weighted by Gasteiger charge is 2.20. The maximum Gasteiger partial charge on any atom is 0.319 e. The summed E-state index contributed by atoms with van der Waals surface area (Å²) in [6, 6.07) is 0.346. The van der Waals surface area contributed by atoms with Crippen LogP contribution in [0.2, 0.25) is 0 Å². The average Bonchev–Trinajstić information content (AvgIpc) is 2.40. The fourth-order valence-electron chi connectivity index (χ4n) is 1.94. The Hall–Kier alpha value is -1.10. The van der Waals surface area contributed by atoms with Crippen LogP contribution in [0.5, 0.6) is 11.9 Å². The van der Waals surface area contributed by atoms with E-state index in [1.54, 1.807) is 14.2 Å². The molecule has 4 nitrogen and oxygen atoms in total. The van der Waals surface area contributed by atoms with E-state index in [0.717, 1.165) is 23.0 Å². The first-order chi connectivity index (χ1) is 8.26. The highest BCUT2D eigenvalue weighted by Crippen LogP contribution is 2.36. The smallest absolute Gasteiger partial charge is 0.319 e. The van der Waals surface area contributed by atoms with Crippen molar-refractivity contribution in [3.8, 4) is 11.9 Å². The Morgan fingerprint density at radius 3 is 2.71 bits per heavy atom. The van der Waals surface area contributed by atoms with Crippen LogP contribution in [0.3, 0.4) is 0 Å². The molecule has 1 aliphatic carbocycles. The SMILES string of the molecule is COc1nc(OC)c(Br)c([C@H]2C=CCCC2)n1. The Morgan fingerprint density at radius 1 is 1.29 bits per heavy atom. The molecule has 1 aliphatic rings. The number of hydrogen-bond donors (Lipinski definition) is 0. The molecule has 1 heterocycles. The Kier molecular flexibility index (Phi) is 3.99. The van der Waals surface area contributed by atoms with E-state index in [-0.39, 0.29) is 0 Å². The summed E-state index contributed by atoms with van der Waals surface area (Å²) in [6.45, 7) is 0. The molecule has 1 aromatic heterocycles. The van der Waals surface area contributed by atoms with Gasteiger partial charge in [0.05, 0.1) is 19.9 Å². The molecule has 0 fully saturated rings. The van der Waals surface area contributed by atoms with Gasteiger partial charge in [0.2, 0.25) is 5.88 Å². The van der Waals surface area contributed by atoms with E-state index in [2.05, 4.69) is 38.0 Å². The van der Waals surface area contributed by atoms with E-state index < -0.39 is 0 Å². The molecule has 0 radical (unpaired) electrons. The number of methoxy groups -OCH3 is 2. The minimum absolute atomic E-state index is 0.309. The van der Waals surface area contributed by atoms with Crippen molar-refractivity contribution in [2.75, 3.05) is 14.2 Å². The monoisotopic (exact) mass is 298 g/mol. The normalized spacial score (nSPS) is 19.1. The zero-order chi connectivity index (χ0) is 12.3. The van der Waals surface area contributed by atoms with Crippen LogP contribution in [0.4, 0.5) is 0 Å². The molecule has 0 N–H and O–H groups in total. The second-order valence-corrected chi connectivity index (χ2v) is 4.68. The van der Waals surface area contributed by atoms with E-state index in [4.69, 9.17) is 9.47 Å². The molecule has 2 rings (SSSR count). The number of hydrogen-bond acceptors (Lipinski definition) is 4. The molecule has 0 saturated heterocycles. The van der Waals surface area contributed by atoms with Crippen molar-refractivity contribution in [3.63, 3.8) is 0 Å². The second kappa shape index (κ2) is 5.49. The third-order valence-electron chi connectivity index (χ3n) is 2.81. The maximum atomic E-state index is 5.22. The minimum Gasteiger partial charge on any atom is -0.480 e. The summed E-state index contributed by atoms with van der Waals surface area (Å²) in [4.78, 5) is 8.55. The van der Waals surface area contributed by atoms with E-state index in [1.807, 2.05) is 0 Å². The van der Waals surface area contributed by atoms with Crippen molar-refractivity contribution >= 4 is 15.9 Å². The lowest BCUT2D eigenvalue weighted by Gasteiger charge is -2.18. The van der Waals surface area contributed by atoms with Crippen molar-refractivity contribution in [1.29, 1.82) is 0 Å². The van der Waals surface area contributed by atoms with Crippen LogP contribution in [0.15, 0.2) is 16.6 Å². The Balaban J connectivity index is 2.43. The first-order valence-corrected chi connectivity index (χ1v) is 6.37. The van der Waals surface area contributed by atoms with Gasteiger partial charge in [-0.05, 0) is 35.2 Å². The Bertz CT molecular complexity index is 435. The predicted octanol–water partition coefficient (Wildman–Crippen LogP) is 3.08. The van der Waals surface area contributed by atoms with Gasteiger partial charge in [-0.1, -0.05) is 12.2 Å². The molecule has 17 heavy (non-hydrogen) atoms. The molecule has 92 valence electrons. The number of allylic oxidation sites excluding steroid dienone is 2. The molecule has 0 aromatic carbocycles. The predicted molar refractivity (Wildman–Crippen MR) is 68.6 cm³/mol. The largest absolute Gasteiger partial charge is 0.480 e. The number of nitrogens with zero attached hydrogens (tertiary/aromatic N) is 2. The van der Waals surface area contributed by atoms with Gasteiger partial charge in [-0.25, -0.2) is 0 Å². The van der Waals surface area contributed by atoms with Gasteiger partial charge < -0.3 is 9.47 Å². The van der Waals surface area contributed by atoms with Gasteiger partial charge in [-0.2, -0.15) is 9.97 Å². The quantitative estimate of drug-likeness (QED) is 0.805. The van der Waals surface area contributed by atoms with Gasteiger partial charge in [0.25, 0.3) is 0 Å². The first-order valence-electron chi connectivity index (χ1n) is 5.58. The van der Waals surface area contributed by atoms with Crippen LogP contribution in [-0.2, 0) is 0 Å². The van der Waals surface area contributed by atoms with Crippen LogP contribution < -0.4 is 9.47 Å². The number of ether oxygens (including phenoxy) is 2. The molecule has 0 bridgehead atoms. The van der Waals surface area contributed by atoms with E-state index in [0.29, 0.717) is 17.8 Å². The fraction of sp³-hybridized carbons (Fsp3) is 0.500. The van der Waals surface area contributed by atoms with Crippen molar-refractivity contribution in [2.24, 2.45) is 0 Å². The molecule has 1 atom stereocenters. The van der Waals surface area contributed by atoms with E-state index in [1.165, 1.54) is 6.42 Å². The lowest BCUT2D eigenvalue weighted by molar-refractivity contribution is 0.346. The van der Waals surface area contributed by atoms with Gasteiger partial charge in [0, 0.05) is 5.92 Å². The highest BCUT2D eigenvalue weighted by molar-refractivity contribution is 9.10. The second-order valence-electron chi connectivity index (χ2n) is 3.88. The summed E-state index contributed by atoms with van der Waals surface area (Å²) in [5, 5.41) is 0. The zero-order valence-electron chi connectivity index (χ0n) is 9.94. The standard InChI is InChI=1S/C12H15BrN2O2/c1-16-11-9(13)10(14-12(15-11)17-2)8-6-4-3-5-7-8/h4,6,8H,3,5,7H2,1-2H3/t8-/m0/s1. The molecule has 5 heteroatoms. The van der Waals surface area contributed by atoms with Crippen LogP contribution >= 0.6 is 15.9 Å². The molecule has 0 unspecified atom stereocenters. The van der Waals surface area contributed by atoms with Gasteiger partial charge >= 0.3 is 6.01 Å². The number of aromatic nitrogens is 2. The van der Waals surface area contributed by atoms with Crippen LogP contribution in [0.25, 0.3) is 0 Å². The molecular weight excluding hydrogens is 284 g/mol. The zero-order valence-corrected chi connectivity index (χ0v) is 11.5. The van der Waals surface area contributed by atoms with Crippen molar-refractivity contribution < 1.29 is 9.47 Å². The summed E-state index contributed by atoms with van der Waals surface area (Å²) in [6.07, 6.45) is 7.81. The summed E-state index contributed by atoms with van der Waals surface area (Å²) in [5.74, 6) is 0.828. The molecule has 0 amide bonds. The topological polar surface area (TPSA) is 44.2 Å². The lowest BCUT2D eigenvalue weighted by atomic mass is 9.93. The number of halogens is 1. The molecule has 0 aliphatic heterocycles. The molecule has 0 spiro atoms. The van der Waals surface area contributed by atoms with Crippen LogP contribution in [0, 0.1) is 0 Å². The van der Waals surface area contributed by atoms with Gasteiger partial charge in [0.15, 0.2) is 0 Å². The van der Waals surface area contributed by atoms with E-state index in [9.17, 15) is 0 Å². The molecule has 0 saturated carbocycles. The van der Waals surface area contributed by atoms with Gasteiger partial charge in [-0.15, -0.1) is 0 Å². The van der Waals surface area contributed by atoms with E-state index >= 15 is 0 Å². The van der Waals surface area contributed by atoms with Gasteiger partial charge in [0.1, 0.15) is 4.47 Å². The van der Waals surface area contributed by atoms with Crippen LogP contribution in [-0.4, -0.2) is 24.2 Å². The van der Waals surface area contributed by atoms with Gasteiger partial charge in [-0.3, -0.25) is 0 Å². The third-order valence-corrected chi connectivity index (χ3v) is 3.55. The summed E-state index contributed by atoms with van der Waals surface area (Å²) in [5.41, 5.74) is 0.935. The summed E-state index contributed by atoms with van der Waals surface area (Å²) >= 11 is 3.50. The Labute approximate surface area is 109 Å². The maximum absolute atomic E-state index is 5.22. The van der Waals surface area contributed by atoms with Crippen LogP contribution in [0.1, 0.15) is 30.9 Å². The van der Waals surface area contributed by atoms with Crippen molar-refractivity contribution in [1.82, 2.24) is 9.97 Å². The molecular formula is C12H15BrN2O2. The lowest BCUT2D eigenvalue weighted by Crippen LogP contribution is -2.07. The average molecular weight is 299 g/mol. The highest BCUT2D eigenvalue weighted by atomic mass is 79.9. The van der Waals surface area contributed by atoms with Crippen molar-refractivity contribution in [2.45, 2.75) is 25.2 Å². The Morgan fingerprint density at radius 2 is 2.12 bits per heavy atom. The summed E-state index contributed by atoms with van der Waals surface area (Å²) < 4.78 is 11.1. The number of rotatable bonds is 3. The summed E-state index contributed by atoms with van der Waals surface area (Å²) in [7, 11) is 3.15. The third kappa shape index (κ3) is 2.60. The molecule has 1 aromatic rings. The van der Waals surface area contributed by atoms with Crippen molar-refractivity contribution in [3.05, 3.63) is 22.3 Å². The minimum atomic E-state index is 0.309. The fourth-order valence-corrected chi connectivity index (χ4v) is 2.57. The first kappa shape index (κ1) is 12.4.